The second-order valence-electron chi connectivity index (χ2n) is 9.28. The number of morpholine rings is 1. The topological polar surface area (TPSA) is 122 Å². The molecule has 3 aromatic carbocycles. The number of benzene rings is 3. The normalized spacial score (nSPS) is 14.4. The Morgan fingerprint density at radius 3 is 2.23 bits per heavy atom. The second-order valence-corrected chi connectivity index (χ2v) is 13.1. The zero-order valence-electron chi connectivity index (χ0n) is 22.4. The molecule has 0 spiro atoms. The zero-order valence-corrected chi connectivity index (χ0v) is 24.1. The fraction of sp³-hybridized carbons (Fsp3) is 0.321. The number of anilines is 1. The summed E-state index contributed by atoms with van der Waals surface area (Å²) in [6.07, 6.45) is 0. The summed E-state index contributed by atoms with van der Waals surface area (Å²) in [6.45, 7) is 5.00. The summed E-state index contributed by atoms with van der Waals surface area (Å²) in [5.41, 5.74) is 2.31. The van der Waals surface area contributed by atoms with E-state index in [2.05, 4.69) is 5.32 Å². The molecule has 214 valence electrons. The van der Waals surface area contributed by atoms with Gasteiger partial charge in [0.1, 0.15) is 18.9 Å². The predicted octanol–water partition coefficient (Wildman–Crippen LogP) is 2.71. The molecule has 1 aliphatic rings. The SMILES string of the molecule is Cc1ccc(N(CC(=O)NCCOc2ccc(S(=O)(=O)N3CCOCC3)cc2)S(=O)(=O)c2ccccc2)cc1C. The van der Waals surface area contributed by atoms with E-state index in [0.717, 1.165) is 15.4 Å². The first-order valence-corrected chi connectivity index (χ1v) is 15.7. The number of carbonyl (C=O) groups excluding carboxylic acids is 1. The minimum absolute atomic E-state index is 0.0865. The first-order valence-electron chi connectivity index (χ1n) is 12.8. The molecule has 0 atom stereocenters. The first-order chi connectivity index (χ1) is 19.1. The fourth-order valence-corrected chi connectivity index (χ4v) is 6.95. The summed E-state index contributed by atoms with van der Waals surface area (Å²) in [4.78, 5) is 13.1. The lowest BCUT2D eigenvalue weighted by atomic mass is 10.1. The molecule has 12 heteroatoms. The largest absolute Gasteiger partial charge is 0.492 e. The van der Waals surface area contributed by atoms with Crippen LogP contribution < -0.4 is 14.4 Å². The third-order valence-corrected chi connectivity index (χ3v) is 10.2. The quantitative estimate of drug-likeness (QED) is 0.342. The van der Waals surface area contributed by atoms with Gasteiger partial charge in [0.05, 0.1) is 35.2 Å². The van der Waals surface area contributed by atoms with Crippen molar-refractivity contribution in [2.75, 3.05) is 50.3 Å². The minimum Gasteiger partial charge on any atom is -0.492 e. The first kappa shape index (κ1) is 29.5. The van der Waals surface area contributed by atoms with Gasteiger partial charge in [0.25, 0.3) is 10.0 Å². The van der Waals surface area contributed by atoms with Crippen LogP contribution >= 0.6 is 0 Å². The standard InChI is InChI=1S/C28H33N3O7S2/c1-22-8-9-24(20-23(22)2)31(40(35,36)26-6-4-3-5-7-26)21-28(32)29-14-17-38-25-10-12-27(13-11-25)39(33,34)30-15-18-37-19-16-30/h3-13,20H,14-19,21H2,1-2H3,(H,29,32). The molecule has 1 amide bonds. The number of amides is 1. The summed E-state index contributed by atoms with van der Waals surface area (Å²) in [5.74, 6) is -0.0492. The third kappa shape index (κ3) is 7.00. The molecule has 1 fully saturated rings. The van der Waals surface area contributed by atoms with Gasteiger partial charge in [-0.15, -0.1) is 0 Å². The molecule has 0 unspecified atom stereocenters. The molecule has 40 heavy (non-hydrogen) atoms. The monoisotopic (exact) mass is 587 g/mol. The molecular weight excluding hydrogens is 554 g/mol. The average molecular weight is 588 g/mol. The second kappa shape index (κ2) is 12.8. The highest BCUT2D eigenvalue weighted by atomic mass is 32.2. The van der Waals surface area contributed by atoms with Crippen LogP contribution in [0.3, 0.4) is 0 Å². The Morgan fingerprint density at radius 1 is 0.900 bits per heavy atom. The van der Waals surface area contributed by atoms with E-state index >= 15 is 0 Å². The number of nitrogens with one attached hydrogen (secondary N) is 1. The number of hydrogen-bond donors (Lipinski definition) is 1. The molecule has 1 heterocycles. The fourth-order valence-electron chi connectivity index (χ4n) is 4.11. The van der Waals surface area contributed by atoms with Crippen LogP contribution in [0.15, 0.2) is 82.6 Å². The molecule has 0 aromatic heterocycles. The van der Waals surface area contributed by atoms with Gasteiger partial charge in [-0.1, -0.05) is 24.3 Å². The van der Waals surface area contributed by atoms with Gasteiger partial charge in [-0.3, -0.25) is 9.10 Å². The lowest BCUT2D eigenvalue weighted by Crippen LogP contribution is -2.42. The number of ether oxygens (including phenoxy) is 2. The van der Waals surface area contributed by atoms with Gasteiger partial charge in [0.15, 0.2) is 0 Å². The molecule has 0 saturated carbocycles. The number of carbonyl (C=O) groups is 1. The molecular formula is C28H33N3O7S2. The Bertz CT molecular complexity index is 1520. The number of aryl methyl sites for hydroxylation is 2. The van der Waals surface area contributed by atoms with Gasteiger partial charge in [0, 0.05) is 13.1 Å². The highest BCUT2D eigenvalue weighted by molar-refractivity contribution is 7.92. The van der Waals surface area contributed by atoms with E-state index in [9.17, 15) is 21.6 Å². The Kier molecular flexibility index (Phi) is 9.46. The van der Waals surface area contributed by atoms with Crippen molar-refractivity contribution in [3.8, 4) is 5.75 Å². The van der Waals surface area contributed by atoms with Crippen LogP contribution in [0.25, 0.3) is 0 Å². The molecule has 0 bridgehead atoms. The molecule has 10 nitrogen and oxygen atoms in total. The van der Waals surface area contributed by atoms with Crippen molar-refractivity contribution in [1.29, 1.82) is 0 Å². The molecule has 4 rings (SSSR count). The molecule has 1 aliphatic heterocycles. The average Bonchev–Trinajstić information content (AvgIpc) is 2.96. The molecule has 1 saturated heterocycles. The highest BCUT2D eigenvalue weighted by Crippen LogP contribution is 2.26. The van der Waals surface area contributed by atoms with E-state index in [1.54, 1.807) is 42.5 Å². The van der Waals surface area contributed by atoms with Crippen LogP contribution in [0.5, 0.6) is 5.75 Å². The minimum atomic E-state index is -4.00. The van der Waals surface area contributed by atoms with E-state index < -0.39 is 32.5 Å². The molecule has 1 N–H and O–H groups in total. The van der Waals surface area contributed by atoms with E-state index in [4.69, 9.17) is 9.47 Å². The maximum absolute atomic E-state index is 13.4. The molecule has 0 aliphatic carbocycles. The highest BCUT2D eigenvalue weighted by Gasteiger charge is 2.28. The van der Waals surface area contributed by atoms with Gasteiger partial charge in [-0.25, -0.2) is 16.8 Å². The molecule has 3 aromatic rings. The Labute approximate surface area is 235 Å². The van der Waals surface area contributed by atoms with Crippen molar-refractivity contribution in [2.45, 2.75) is 23.6 Å². The maximum atomic E-state index is 13.4. The van der Waals surface area contributed by atoms with Crippen LogP contribution in [0.2, 0.25) is 0 Å². The predicted molar refractivity (Wildman–Crippen MR) is 151 cm³/mol. The lowest BCUT2D eigenvalue weighted by molar-refractivity contribution is -0.119. The van der Waals surface area contributed by atoms with E-state index in [1.165, 1.54) is 28.6 Å². The third-order valence-electron chi connectivity index (χ3n) is 6.52. The van der Waals surface area contributed by atoms with Gasteiger partial charge in [0.2, 0.25) is 15.9 Å². The van der Waals surface area contributed by atoms with Crippen LogP contribution in [-0.2, 0) is 29.6 Å². The summed E-state index contributed by atoms with van der Waals surface area (Å²) in [5, 5.41) is 2.70. The zero-order chi connectivity index (χ0) is 28.8. The van der Waals surface area contributed by atoms with Crippen LogP contribution in [-0.4, -0.2) is 73.0 Å². The van der Waals surface area contributed by atoms with Gasteiger partial charge in [-0.2, -0.15) is 4.31 Å². The summed E-state index contributed by atoms with van der Waals surface area (Å²) >= 11 is 0. The summed E-state index contributed by atoms with van der Waals surface area (Å²) in [6, 6.07) is 19.3. The maximum Gasteiger partial charge on any atom is 0.264 e. The Morgan fingerprint density at radius 2 is 1.57 bits per heavy atom. The van der Waals surface area contributed by atoms with E-state index in [-0.39, 0.29) is 22.9 Å². The number of hydrogen-bond acceptors (Lipinski definition) is 7. The van der Waals surface area contributed by atoms with E-state index in [0.29, 0.717) is 37.7 Å². The van der Waals surface area contributed by atoms with Crippen molar-refractivity contribution in [2.24, 2.45) is 0 Å². The van der Waals surface area contributed by atoms with Crippen LogP contribution in [0, 0.1) is 13.8 Å². The number of sulfonamides is 2. The van der Waals surface area contributed by atoms with Gasteiger partial charge in [-0.05, 0) is 73.5 Å². The van der Waals surface area contributed by atoms with Crippen LogP contribution in [0.4, 0.5) is 5.69 Å². The van der Waals surface area contributed by atoms with Crippen molar-refractivity contribution >= 4 is 31.6 Å². The molecule has 0 radical (unpaired) electrons. The Hall–Kier alpha value is -3.45. The van der Waals surface area contributed by atoms with Crippen molar-refractivity contribution in [1.82, 2.24) is 9.62 Å². The smallest absolute Gasteiger partial charge is 0.264 e. The summed E-state index contributed by atoms with van der Waals surface area (Å²) in [7, 11) is -7.60. The van der Waals surface area contributed by atoms with Crippen molar-refractivity contribution in [3.05, 3.63) is 83.9 Å². The Balaban J connectivity index is 1.36. The van der Waals surface area contributed by atoms with Crippen molar-refractivity contribution < 1.29 is 31.1 Å². The van der Waals surface area contributed by atoms with E-state index in [1.807, 2.05) is 19.9 Å². The number of nitrogens with zero attached hydrogens (tertiary/aromatic N) is 2. The van der Waals surface area contributed by atoms with Gasteiger partial charge >= 0.3 is 0 Å². The van der Waals surface area contributed by atoms with Crippen LogP contribution in [0.1, 0.15) is 11.1 Å². The number of rotatable bonds is 11. The lowest BCUT2D eigenvalue weighted by Gasteiger charge is -2.26. The van der Waals surface area contributed by atoms with Crippen molar-refractivity contribution in [3.63, 3.8) is 0 Å². The summed E-state index contributed by atoms with van der Waals surface area (Å²) < 4.78 is 65.8. The van der Waals surface area contributed by atoms with Gasteiger partial charge < -0.3 is 14.8 Å².